The van der Waals surface area contributed by atoms with Crippen LogP contribution in [-0.4, -0.2) is 51.6 Å². The standard InChI is InChI=1S/C16H16Cl3IN4O2.K.H/c17-16(18,19)15-22-12-4-3-9(20)6-11(12)14(23-15)21-10-2-1-5-24(7-10)8-13(25)26;;/h3-4,6,10H,1-2,5,7-8H2,(H,25,26)(H,21,22,23);;/q;+1;-1. The summed E-state index contributed by atoms with van der Waals surface area (Å²) in [6.07, 6.45) is 1.82. The van der Waals surface area contributed by atoms with Gasteiger partial charge in [0.2, 0.25) is 3.79 Å². The van der Waals surface area contributed by atoms with Crippen molar-refractivity contribution >= 4 is 80.1 Å². The summed E-state index contributed by atoms with van der Waals surface area (Å²) in [4.78, 5) is 21.7. The molecule has 0 aliphatic carbocycles. The molecule has 1 unspecified atom stereocenters. The summed E-state index contributed by atoms with van der Waals surface area (Å²) < 4.78 is -0.685. The van der Waals surface area contributed by atoms with Crippen molar-refractivity contribution in [2.75, 3.05) is 25.0 Å². The van der Waals surface area contributed by atoms with Gasteiger partial charge in [0.15, 0.2) is 5.82 Å². The van der Waals surface area contributed by atoms with Gasteiger partial charge in [-0.25, -0.2) is 9.97 Å². The maximum absolute atomic E-state index is 11.0. The van der Waals surface area contributed by atoms with Crippen molar-refractivity contribution in [1.82, 2.24) is 14.9 Å². The molecule has 142 valence electrons. The van der Waals surface area contributed by atoms with E-state index in [1.807, 2.05) is 23.1 Å². The summed E-state index contributed by atoms with van der Waals surface area (Å²) in [5.41, 5.74) is 0.683. The number of piperidine rings is 1. The molecule has 1 atom stereocenters. The summed E-state index contributed by atoms with van der Waals surface area (Å²) in [5.74, 6) is -0.125. The average molecular weight is 570 g/mol. The molecule has 1 fully saturated rings. The van der Waals surface area contributed by atoms with E-state index in [2.05, 4.69) is 37.9 Å². The number of carbonyl (C=O) groups is 1. The van der Waals surface area contributed by atoms with E-state index >= 15 is 0 Å². The smallest absolute Gasteiger partial charge is 1.00 e. The fourth-order valence-corrected chi connectivity index (χ4v) is 3.78. The number of nitrogens with zero attached hydrogens (tertiary/aromatic N) is 3. The minimum atomic E-state index is -1.73. The largest absolute Gasteiger partial charge is 1.00 e. The van der Waals surface area contributed by atoms with Crippen LogP contribution in [0.1, 0.15) is 20.1 Å². The number of carboxylic acid groups (broad SMARTS) is 1. The Balaban J connectivity index is 0.00000196. The van der Waals surface area contributed by atoms with Gasteiger partial charge in [-0.15, -0.1) is 0 Å². The summed E-state index contributed by atoms with van der Waals surface area (Å²) in [6.45, 7) is 1.41. The molecule has 0 bridgehead atoms. The number of nitrogens with one attached hydrogen (secondary N) is 1. The van der Waals surface area contributed by atoms with Gasteiger partial charge in [0, 0.05) is 21.5 Å². The van der Waals surface area contributed by atoms with Crippen LogP contribution in [0.4, 0.5) is 5.82 Å². The van der Waals surface area contributed by atoms with E-state index < -0.39 is 9.76 Å². The molecule has 1 saturated heterocycles. The van der Waals surface area contributed by atoms with Crippen LogP contribution in [0.15, 0.2) is 18.2 Å². The van der Waals surface area contributed by atoms with Gasteiger partial charge in [-0.2, -0.15) is 0 Å². The van der Waals surface area contributed by atoms with Gasteiger partial charge < -0.3 is 11.8 Å². The number of carboxylic acids is 1. The van der Waals surface area contributed by atoms with Gasteiger partial charge in [-0.05, 0) is 60.2 Å². The molecule has 2 aromatic rings. The van der Waals surface area contributed by atoms with E-state index in [1.165, 1.54) is 0 Å². The number of aliphatic carboxylic acids is 1. The molecule has 11 heteroatoms. The minimum absolute atomic E-state index is 0. The Morgan fingerprint density at radius 1 is 1.41 bits per heavy atom. The van der Waals surface area contributed by atoms with Crippen LogP contribution >= 0.6 is 57.4 Å². The van der Waals surface area contributed by atoms with Crippen molar-refractivity contribution in [1.29, 1.82) is 0 Å². The van der Waals surface area contributed by atoms with E-state index in [9.17, 15) is 4.79 Å². The Morgan fingerprint density at radius 2 is 2.15 bits per heavy atom. The van der Waals surface area contributed by atoms with Crippen molar-refractivity contribution in [3.63, 3.8) is 0 Å². The van der Waals surface area contributed by atoms with Crippen molar-refractivity contribution in [3.8, 4) is 0 Å². The maximum atomic E-state index is 11.0. The number of rotatable bonds is 4. The predicted molar refractivity (Wildman–Crippen MR) is 113 cm³/mol. The molecule has 2 heterocycles. The van der Waals surface area contributed by atoms with Gasteiger partial charge >= 0.3 is 57.4 Å². The SMILES string of the molecule is O=C(O)CN1CCCC(Nc2nc(C(Cl)(Cl)Cl)nc3ccc(I)cc23)C1.[H-].[K+]. The number of hydrogen-bond acceptors (Lipinski definition) is 5. The second-order valence-electron chi connectivity index (χ2n) is 6.17. The summed E-state index contributed by atoms with van der Waals surface area (Å²) in [7, 11) is 0. The van der Waals surface area contributed by atoms with E-state index in [-0.39, 0.29) is 71.2 Å². The fraction of sp³-hybridized carbons (Fsp3) is 0.438. The number of hydrogen-bond donors (Lipinski definition) is 2. The van der Waals surface area contributed by atoms with E-state index in [0.29, 0.717) is 17.9 Å². The molecule has 0 spiro atoms. The zero-order valence-corrected chi connectivity index (χ0v) is 22.1. The van der Waals surface area contributed by atoms with Crippen LogP contribution in [0.5, 0.6) is 0 Å². The van der Waals surface area contributed by atoms with Crippen LogP contribution in [0, 0.1) is 3.57 Å². The summed E-state index contributed by atoms with van der Waals surface area (Å²) in [6, 6.07) is 5.82. The van der Waals surface area contributed by atoms with Crippen LogP contribution < -0.4 is 56.7 Å². The van der Waals surface area contributed by atoms with E-state index in [0.717, 1.165) is 28.3 Å². The third-order valence-corrected chi connectivity index (χ3v) is 5.29. The first kappa shape index (κ1) is 24.3. The quantitative estimate of drug-likeness (QED) is 0.327. The van der Waals surface area contributed by atoms with Crippen molar-refractivity contribution in [2.45, 2.75) is 22.7 Å². The average Bonchev–Trinajstić information content (AvgIpc) is 2.54. The Labute approximate surface area is 229 Å². The Morgan fingerprint density at radius 3 is 2.81 bits per heavy atom. The number of alkyl halides is 3. The zero-order chi connectivity index (χ0) is 18.9. The Hall–Kier alpha value is 1.03. The second-order valence-corrected chi connectivity index (χ2v) is 9.69. The summed E-state index contributed by atoms with van der Waals surface area (Å²) in [5, 5.41) is 13.3. The first-order valence-corrected chi connectivity index (χ1v) is 10.2. The predicted octanol–water partition coefficient (Wildman–Crippen LogP) is 1.14. The molecule has 1 aromatic heterocycles. The number of halogens is 4. The normalized spacial score (nSPS) is 18.1. The molecule has 1 aromatic carbocycles. The van der Waals surface area contributed by atoms with Gasteiger partial charge in [0.1, 0.15) is 5.82 Å². The molecular formula is C16H17Cl3IKN4O2. The number of anilines is 1. The van der Waals surface area contributed by atoms with E-state index in [1.54, 1.807) is 0 Å². The minimum Gasteiger partial charge on any atom is -1.00 e. The van der Waals surface area contributed by atoms with Crippen LogP contribution in [0.2, 0.25) is 0 Å². The third kappa shape index (κ3) is 6.76. The topological polar surface area (TPSA) is 78.4 Å². The van der Waals surface area contributed by atoms with Gasteiger partial charge in [0.05, 0.1) is 12.1 Å². The molecular weight excluding hydrogens is 553 g/mol. The number of likely N-dealkylation sites (tertiary alicyclic amines) is 1. The van der Waals surface area contributed by atoms with Crippen LogP contribution in [0.3, 0.4) is 0 Å². The molecule has 1 aliphatic heterocycles. The van der Waals surface area contributed by atoms with Crippen LogP contribution in [-0.2, 0) is 8.59 Å². The fourth-order valence-electron chi connectivity index (χ4n) is 3.04. The van der Waals surface area contributed by atoms with Crippen LogP contribution in [0.25, 0.3) is 10.9 Å². The van der Waals surface area contributed by atoms with Gasteiger partial charge in [-0.3, -0.25) is 9.69 Å². The molecule has 0 radical (unpaired) electrons. The Kier molecular flexibility index (Phi) is 9.33. The summed E-state index contributed by atoms with van der Waals surface area (Å²) >= 11 is 20.2. The van der Waals surface area contributed by atoms with Crippen molar-refractivity contribution in [2.24, 2.45) is 0 Å². The molecule has 6 nitrogen and oxygen atoms in total. The first-order chi connectivity index (χ1) is 12.2. The van der Waals surface area contributed by atoms with Crippen molar-refractivity contribution in [3.05, 3.63) is 27.6 Å². The Bertz CT molecular complexity index is 843. The third-order valence-electron chi connectivity index (χ3n) is 4.12. The monoisotopic (exact) mass is 568 g/mol. The first-order valence-electron chi connectivity index (χ1n) is 7.97. The number of benzene rings is 1. The molecule has 27 heavy (non-hydrogen) atoms. The molecule has 0 saturated carbocycles. The molecule has 1 aliphatic rings. The molecule has 3 rings (SSSR count). The molecule has 0 amide bonds. The van der Waals surface area contributed by atoms with Gasteiger partial charge in [0.25, 0.3) is 0 Å². The van der Waals surface area contributed by atoms with E-state index in [4.69, 9.17) is 39.9 Å². The molecule has 2 N–H and O–H groups in total. The van der Waals surface area contributed by atoms with Crippen molar-refractivity contribution < 1.29 is 62.7 Å². The van der Waals surface area contributed by atoms with Gasteiger partial charge in [-0.1, -0.05) is 34.8 Å². The number of fused-ring (bicyclic) bond motifs is 1. The zero-order valence-electron chi connectivity index (χ0n) is 15.6. The second kappa shape index (κ2) is 10.4. The number of aromatic nitrogens is 2. The maximum Gasteiger partial charge on any atom is 1.00 e.